The van der Waals surface area contributed by atoms with E-state index < -0.39 is 0 Å². The zero-order valence-corrected chi connectivity index (χ0v) is 18.9. The molecule has 4 aromatic heterocycles. The highest BCUT2D eigenvalue weighted by atomic mass is 32.1. The summed E-state index contributed by atoms with van der Waals surface area (Å²) in [6.45, 7) is 5.30. The summed E-state index contributed by atoms with van der Waals surface area (Å²) in [6, 6.07) is 9.87. The fraction of sp³-hybridized carbons (Fsp3) is 0.304. The van der Waals surface area contributed by atoms with Crippen molar-refractivity contribution in [1.82, 2.24) is 24.5 Å². The summed E-state index contributed by atoms with van der Waals surface area (Å²) in [7, 11) is 1.69. The Kier molecular flexibility index (Phi) is 4.31. The molecule has 0 amide bonds. The van der Waals surface area contributed by atoms with Crippen LogP contribution in [0.15, 0.2) is 34.7 Å². The molecule has 0 spiro atoms. The zero-order chi connectivity index (χ0) is 22.0. The number of nitrogens with one attached hydrogen (secondary N) is 1. The number of rotatable bonds is 4. The lowest BCUT2D eigenvalue weighted by Gasteiger charge is -2.32. The largest absolute Gasteiger partial charge is 0.497 e. The van der Waals surface area contributed by atoms with Crippen LogP contribution in [0.3, 0.4) is 0 Å². The van der Waals surface area contributed by atoms with E-state index in [-0.39, 0.29) is 11.9 Å². The number of benzene rings is 1. The van der Waals surface area contributed by atoms with Gasteiger partial charge in [0.25, 0.3) is 0 Å². The van der Waals surface area contributed by atoms with Crippen LogP contribution in [-0.4, -0.2) is 43.2 Å². The van der Waals surface area contributed by atoms with E-state index in [0.717, 1.165) is 40.6 Å². The summed E-state index contributed by atoms with van der Waals surface area (Å²) >= 11 is 1.45. The molecule has 1 aliphatic rings. The fourth-order valence-electron chi connectivity index (χ4n) is 4.69. The summed E-state index contributed by atoms with van der Waals surface area (Å²) in [5.41, 5.74) is 3.62. The number of aromatic nitrogens is 4. The fourth-order valence-corrected chi connectivity index (χ4v) is 5.83. The van der Waals surface area contributed by atoms with Crippen LogP contribution in [0.1, 0.15) is 39.5 Å². The van der Waals surface area contributed by atoms with Crippen molar-refractivity contribution in [1.29, 1.82) is 0 Å². The number of aromatic amines is 1. The van der Waals surface area contributed by atoms with Crippen molar-refractivity contribution >= 4 is 27.2 Å². The summed E-state index contributed by atoms with van der Waals surface area (Å²) in [5, 5.41) is 16.6. The van der Waals surface area contributed by atoms with E-state index in [2.05, 4.69) is 32.1 Å². The number of H-pyrrole nitrogens is 1. The Hall–Kier alpha value is -3.30. The smallest absolute Gasteiger partial charge is 0.230 e. The van der Waals surface area contributed by atoms with Crippen molar-refractivity contribution in [2.24, 2.45) is 0 Å². The number of aryl methyl sites for hydroxylation is 2. The second-order valence-electron chi connectivity index (χ2n) is 8.21. The van der Waals surface area contributed by atoms with Crippen molar-refractivity contribution in [3.63, 3.8) is 0 Å². The molecule has 32 heavy (non-hydrogen) atoms. The number of methoxy groups -OCH3 is 1. The lowest BCUT2D eigenvalue weighted by atomic mass is 10.0. The van der Waals surface area contributed by atoms with Gasteiger partial charge in [0, 0.05) is 29.7 Å². The molecule has 1 atom stereocenters. The molecule has 0 unspecified atom stereocenters. The van der Waals surface area contributed by atoms with Crippen molar-refractivity contribution < 1.29 is 14.3 Å². The van der Waals surface area contributed by atoms with Crippen LogP contribution in [0.25, 0.3) is 15.9 Å². The Morgan fingerprint density at radius 1 is 1.25 bits per heavy atom. The average molecular weight is 450 g/mol. The molecule has 5 aromatic rings. The molecule has 8 nitrogen and oxygen atoms in total. The van der Waals surface area contributed by atoms with E-state index in [1.54, 1.807) is 7.11 Å². The van der Waals surface area contributed by atoms with Crippen molar-refractivity contribution in [2.75, 3.05) is 13.7 Å². The molecule has 9 heteroatoms. The highest BCUT2D eigenvalue weighted by Crippen LogP contribution is 2.42. The quantitative estimate of drug-likeness (QED) is 0.424. The first-order valence-electron chi connectivity index (χ1n) is 10.5. The van der Waals surface area contributed by atoms with Gasteiger partial charge in [0.1, 0.15) is 29.1 Å². The Bertz CT molecular complexity index is 1460. The molecule has 0 fully saturated rings. The predicted molar refractivity (Wildman–Crippen MR) is 122 cm³/mol. The maximum absolute atomic E-state index is 11.0. The van der Waals surface area contributed by atoms with Gasteiger partial charge in [0.05, 0.1) is 12.0 Å². The van der Waals surface area contributed by atoms with Crippen LogP contribution in [0.5, 0.6) is 11.6 Å². The Morgan fingerprint density at radius 3 is 2.88 bits per heavy atom. The van der Waals surface area contributed by atoms with Crippen LogP contribution in [-0.2, 0) is 13.0 Å². The summed E-state index contributed by atoms with van der Waals surface area (Å²) < 4.78 is 13.0. The molecular formula is C23H23N5O3S. The molecule has 0 saturated carbocycles. The van der Waals surface area contributed by atoms with E-state index in [1.165, 1.54) is 32.5 Å². The highest BCUT2D eigenvalue weighted by Gasteiger charge is 2.34. The first-order chi connectivity index (χ1) is 15.5. The maximum atomic E-state index is 11.0. The molecule has 164 valence electrons. The van der Waals surface area contributed by atoms with E-state index in [1.807, 2.05) is 32.0 Å². The molecule has 5 heterocycles. The number of ether oxygens (including phenoxy) is 1. The maximum Gasteiger partial charge on any atom is 0.230 e. The third-order valence-corrected chi connectivity index (χ3v) is 7.23. The summed E-state index contributed by atoms with van der Waals surface area (Å²) in [5.74, 6) is 3.27. The molecule has 1 aromatic carbocycles. The van der Waals surface area contributed by atoms with Crippen LogP contribution < -0.4 is 4.74 Å². The number of furan rings is 1. The molecule has 0 saturated heterocycles. The molecule has 2 N–H and O–H groups in total. The minimum atomic E-state index is -0.230. The van der Waals surface area contributed by atoms with E-state index in [4.69, 9.17) is 9.15 Å². The van der Waals surface area contributed by atoms with Crippen LogP contribution >= 0.6 is 11.3 Å². The zero-order valence-electron chi connectivity index (χ0n) is 18.0. The van der Waals surface area contributed by atoms with Crippen molar-refractivity contribution in [3.05, 3.63) is 63.8 Å². The molecule has 0 aliphatic carbocycles. The lowest BCUT2D eigenvalue weighted by molar-refractivity contribution is 0.182. The van der Waals surface area contributed by atoms with Gasteiger partial charge in [-0.25, -0.2) is 4.98 Å². The monoisotopic (exact) mass is 449 g/mol. The van der Waals surface area contributed by atoms with Crippen molar-refractivity contribution in [3.8, 4) is 11.6 Å². The van der Waals surface area contributed by atoms with Crippen LogP contribution in [0.2, 0.25) is 0 Å². The molecule has 6 rings (SSSR count). The first-order valence-corrected chi connectivity index (χ1v) is 11.4. The Balaban J connectivity index is 1.44. The number of hydrogen-bond donors (Lipinski definition) is 2. The first kappa shape index (κ1) is 19.4. The minimum Gasteiger partial charge on any atom is -0.497 e. The number of nitrogens with zero attached hydrogens (tertiary/aromatic N) is 4. The molecule has 0 radical (unpaired) electrons. The van der Waals surface area contributed by atoms with Gasteiger partial charge in [0.2, 0.25) is 10.8 Å². The topological polar surface area (TPSA) is 91.8 Å². The second kappa shape index (κ2) is 7.11. The highest BCUT2D eigenvalue weighted by molar-refractivity contribution is 7.17. The predicted octanol–water partition coefficient (Wildman–Crippen LogP) is 4.34. The summed E-state index contributed by atoms with van der Waals surface area (Å²) in [4.78, 5) is 11.8. The lowest BCUT2D eigenvalue weighted by Crippen LogP contribution is -2.34. The number of thiazole rings is 1. The van der Waals surface area contributed by atoms with Gasteiger partial charge in [-0.3, -0.25) is 4.90 Å². The standard InChI is InChI=1S/C23H23N5O3S/c1-12-4-7-19(31-12)20(21-22(29)28-23(32-21)24-13(2)26-28)27-9-8-15-16-10-14(30-3)5-6-17(16)25-18(15)11-27/h4-7,10,20,25,29H,8-9,11H2,1-3H3/t20-/m1/s1. The van der Waals surface area contributed by atoms with E-state index in [0.29, 0.717) is 17.3 Å². The second-order valence-corrected chi connectivity index (χ2v) is 9.22. The van der Waals surface area contributed by atoms with E-state index in [9.17, 15) is 5.11 Å². The minimum absolute atomic E-state index is 0.122. The van der Waals surface area contributed by atoms with Crippen molar-refractivity contribution in [2.45, 2.75) is 32.9 Å². The summed E-state index contributed by atoms with van der Waals surface area (Å²) in [6.07, 6.45) is 0.888. The van der Waals surface area contributed by atoms with Gasteiger partial charge in [-0.05, 0) is 56.2 Å². The van der Waals surface area contributed by atoms with Gasteiger partial charge >= 0.3 is 0 Å². The van der Waals surface area contributed by atoms with Gasteiger partial charge in [-0.15, -0.1) is 5.10 Å². The molecule has 1 aliphatic heterocycles. The Labute approximate surface area is 188 Å². The third-order valence-electron chi connectivity index (χ3n) is 6.16. The SMILES string of the molecule is COc1ccc2[nH]c3c(c2c1)CCN([C@H](c1ccc(C)o1)c1sc2nc(C)nn2c1O)C3. The Morgan fingerprint density at radius 2 is 2.12 bits per heavy atom. The van der Waals surface area contributed by atoms with Crippen LogP contribution in [0, 0.1) is 13.8 Å². The number of hydrogen-bond acceptors (Lipinski definition) is 7. The van der Waals surface area contributed by atoms with Gasteiger partial charge < -0.3 is 19.2 Å². The number of aromatic hydroxyl groups is 1. The third kappa shape index (κ3) is 2.92. The van der Waals surface area contributed by atoms with Gasteiger partial charge in [-0.2, -0.15) is 4.52 Å². The normalized spacial score (nSPS) is 15.5. The molecular weight excluding hydrogens is 426 g/mol. The van der Waals surface area contributed by atoms with Gasteiger partial charge in [0.15, 0.2) is 0 Å². The van der Waals surface area contributed by atoms with E-state index >= 15 is 0 Å². The average Bonchev–Trinajstić information content (AvgIpc) is 3.53. The van der Waals surface area contributed by atoms with Crippen LogP contribution in [0.4, 0.5) is 0 Å². The molecule has 0 bridgehead atoms. The van der Waals surface area contributed by atoms with Gasteiger partial charge in [-0.1, -0.05) is 11.3 Å². The number of fused-ring (bicyclic) bond motifs is 4.